The summed E-state index contributed by atoms with van der Waals surface area (Å²) in [7, 11) is 1.46. The average Bonchev–Trinajstić information content (AvgIpc) is 2.43. The van der Waals surface area contributed by atoms with E-state index in [0.717, 1.165) is 6.07 Å². The molecule has 0 spiro atoms. The van der Waals surface area contributed by atoms with Gasteiger partial charge in [0.25, 0.3) is 0 Å². The first-order valence-electron chi connectivity index (χ1n) is 5.82. The maximum absolute atomic E-state index is 13.5. The molecule has 2 aromatic rings. The van der Waals surface area contributed by atoms with Gasteiger partial charge in [0, 0.05) is 12.0 Å². The Morgan fingerprint density at radius 3 is 2.65 bits per heavy atom. The Bertz CT molecular complexity index is 656. The molecule has 0 saturated heterocycles. The second-order valence-corrected chi connectivity index (χ2v) is 4.57. The fourth-order valence-electron chi connectivity index (χ4n) is 1.80. The van der Waals surface area contributed by atoms with Gasteiger partial charge in [-0.15, -0.1) is 0 Å². The zero-order chi connectivity index (χ0) is 14.7. The molecular formula is C15H11ClF2O2. The van der Waals surface area contributed by atoms with E-state index < -0.39 is 11.6 Å². The molecule has 0 bridgehead atoms. The predicted molar refractivity (Wildman–Crippen MR) is 72.4 cm³/mol. The summed E-state index contributed by atoms with van der Waals surface area (Å²) in [5, 5.41) is 0.290. The van der Waals surface area contributed by atoms with Crippen molar-refractivity contribution in [2.75, 3.05) is 7.11 Å². The van der Waals surface area contributed by atoms with Crippen LogP contribution in [-0.2, 0) is 6.42 Å². The first kappa shape index (κ1) is 14.5. The molecule has 2 aromatic carbocycles. The van der Waals surface area contributed by atoms with E-state index in [0.29, 0.717) is 11.3 Å². The van der Waals surface area contributed by atoms with Crippen LogP contribution in [0.2, 0.25) is 5.02 Å². The van der Waals surface area contributed by atoms with Gasteiger partial charge >= 0.3 is 0 Å². The predicted octanol–water partition coefficient (Wildman–Crippen LogP) is 4.05. The molecule has 0 aliphatic carbocycles. The Morgan fingerprint density at radius 2 is 2.00 bits per heavy atom. The molecule has 0 aromatic heterocycles. The van der Waals surface area contributed by atoms with Crippen LogP contribution < -0.4 is 4.74 Å². The maximum atomic E-state index is 13.5. The number of ether oxygens (including phenoxy) is 1. The summed E-state index contributed by atoms with van der Waals surface area (Å²) in [6.45, 7) is 0. The molecule has 0 amide bonds. The zero-order valence-electron chi connectivity index (χ0n) is 10.6. The number of hydrogen-bond acceptors (Lipinski definition) is 2. The molecule has 0 fully saturated rings. The third-order valence-electron chi connectivity index (χ3n) is 2.86. The Morgan fingerprint density at radius 1 is 1.25 bits per heavy atom. The first-order valence-corrected chi connectivity index (χ1v) is 6.20. The molecule has 20 heavy (non-hydrogen) atoms. The lowest BCUT2D eigenvalue weighted by atomic mass is 10.0. The molecule has 0 aliphatic heterocycles. The highest BCUT2D eigenvalue weighted by atomic mass is 35.5. The second kappa shape index (κ2) is 6.01. The number of rotatable bonds is 4. The maximum Gasteiger partial charge on any atom is 0.167 e. The number of carbonyl (C=O) groups is 1. The lowest BCUT2D eigenvalue weighted by molar-refractivity contribution is 0.0991. The van der Waals surface area contributed by atoms with E-state index in [1.54, 1.807) is 6.07 Å². The van der Waals surface area contributed by atoms with Crippen molar-refractivity contribution in [2.45, 2.75) is 6.42 Å². The lowest BCUT2D eigenvalue weighted by Crippen LogP contribution is -2.06. The summed E-state index contributed by atoms with van der Waals surface area (Å²) in [5.74, 6) is -1.87. The average molecular weight is 297 g/mol. The molecular weight excluding hydrogens is 286 g/mol. The van der Waals surface area contributed by atoms with E-state index in [4.69, 9.17) is 16.3 Å². The van der Waals surface area contributed by atoms with E-state index in [1.807, 2.05) is 0 Å². The van der Waals surface area contributed by atoms with Crippen LogP contribution in [0, 0.1) is 11.6 Å². The highest BCUT2D eigenvalue weighted by Crippen LogP contribution is 2.25. The van der Waals surface area contributed by atoms with Gasteiger partial charge in [0.2, 0.25) is 0 Å². The van der Waals surface area contributed by atoms with E-state index in [-0.39, 0.29) is 22.8 Å². The number of methoxy groups -OCH3 is 1. The topological polar surface area (TPSA) is 26.3 Å². The SMILES string of the molecule is COc1ccc(C(=O)Cc2cccc(F)c2F)cc1Cl. The Kier molecular flexibility index (Phi) is 4.35. The summed E-state index contributed by atoms with van der Waals surface area (Å²) >= 11 is 5.92. The summed E-state index contributed by atoms with van der Waals surface area (Å²) in [5.41, 5.74) is 0.335. The molecule has 2 nitrogen and oxygen atoms in total. The number of carbonyl (C=O) groups excluding carboxylic acids is 1. The molecule has 0 aliphatic rings. The van der Waals surface area contributed by atoms with Crippen molar-refractivity contribution < 1.29 is 18.3 Å². The van der Waals surface area contributed by atoms with Crippen LogP contribution in [0.1, 0.15) is 15.9 Å². The van der Waals surface area contributed by atoms with Gasteiger partial charge in [-0.2, -0.15) is 0 Å². The second-order valence-electron chi connectivity index (χ2n) is 4.16. The van der Waals surface area contributed by atoms with Crippen LogP contribution >= 0.6 is 11.6 Å². The number of Topliss-reactive ketones (excluding diaryl/α,β-unsaturated/α-hetero) is 1. The summed E-state index contributed by atoms with van der Waals surface area (Å²) < 4.78 is 31.6. The van der Waals surface area contributed by atoms with Gasteiger partial charge in [-0.05, 0) is 29.8 Å². The van der Waals surface area contributed by atoms with Gasteiger partial charge in [-0.25, -0.2) is 8.78 Å². The Hall–Kier alpha value is -1.94. The minimum atomic E-state index is -1.000. The van der Waals surface area contributed by atoms with Crippen LogP contribution in [0.4, 0.5) is 8.78 Å². The van der Waals surface area contributed by atoms with Gasteiger partial charge in [-0.1, -0.05) is 23.7 Å². The number of hydrogen-bond donors (Lipinski definition) is 0. The third kappa shape index (κ3) is 2.96. The molecule has 0 unspecified atom stereocenters. The van der Waals surface area contributed by atoms with Gasteiger partial charge in [0.1, 0.15) is 5.75 Å². The Labute approximate surface area is 119 Å². The van der Waals surface area contributed by atoms with Crippen molar-refractivity contribution in [3.8, 4) is 5.75 Å². The fraction of sp³-hybridized carbons (Fsp3) is 0.133. The van der Waals surface area contributed by atoms with Gasteiger partial charge in [0.05, 0.1) is 12.1 Å². The van der Waals surface area contributed by atoms with Crippen LogP contribution in [0.25, 0.3) is 0 Å². The van der Waals surface area contributed by atoms with Crippen molar-refractivity contribution in [2.24, 2.45) is 0 Å². The van der Waals surface area contributed by atoms with E-state index in [1.165, 1.54) is 31.4 Å². The molecule has 104 valence electrons. The molecule has 2 rings (SSSR count). The van der Waals surface area contributed by atoms with E-state index >= 15 is 0 Å². The monoisotopic (exact) mass is 296 g/mol. The summed E-state index contributed by atoms with van der Waals surface area (Å²) in [6, 6.07) is 8.28. The molecule has 0 N–H and O–H groups in total. The first-order chi connectivity index (χ1) is 9.52. The summed E-state index contributed by atoms with van der Waals surface area (Å²) in [6.07, 6.45) is -0.230. The van der Waals surface area contributed by atoms with E-state index in [9.17, 15) is 13.6 Å². The molecule has 0 heterocycles. The minimum absolute atomic E-state index is 0.0157. The highest BCUT2D eigenvalue weighted by molar-refractivity contribution is 6.32. The van der Waals surface area contributed by atoms with Crippen molar-refractivity contribution >= 4 is 17.4 Å². The van der Waals surface area contributed by atoms with Crippen LogP contribution in [0.15, 0.2) is 36.4 Å². The Balaban J connectivity index is 2.24. The zero-order valence-corrected chi connectivity index (χ0v) is 11.4. The minimum Gasteiger partial charge on any atom is -0.495 e. The molecule has 0 atom stereocenters. The molecule has 5 heteroatoms. The number of halogens is 3. The van der Waals surface area contributed by atoms with Gasteiger partial charge in [-0.3, -0.25) is 4.79 Å². The highest BCUT2D eigenvalue weighted by Gasteiger charge is 2.14. The standard InChI is InChI=1S/C15H11ClF2O2/c1-20-14-6-5-9(7-11(14)16)13(19)8-10-3-2-4-12(17)15(10)18/h2-7H,8H2,1H3. The van der Waals surface area contributed by atoms with Gasteiger partial charge in [0.15, 0.2) is 17.4 Å². The van der Waals surface area contributed by atoms with Crippen molar-refractivity contribution in [3.05, 3.63) is 64.2 Å². The fourth-order valence-corrected chi connectivity index (χ4v) is 2.06. The van der Waals surface area contributed by atoms with Crippen molar-refractivity contribution in [1.29, 1.82) is 0 Å². The van der Waals surface area contributed by atoms with Crippen LogP contribution in [-0.4, -0.2) is 12.9 Å². The normalized spacial score (nSPS) is 10.4. The van der Waals surface area contributed by atoms with Gasteiger partial charge < -0.3 is 4.74 Å². The van der Waals surface area contributed by atoms with Crippen molar-refractivity contribution in [3.63, 3.8) is 0 Å². The number of ketones is 1. The molecule has 0 radical (unpaired) electrons. The summed E-state index contributed by atoms with van der Waals surface area (Å²) in [4.78, 5) is 12.0. The lowest BCUT2D eigenvalue weighted by Gasteiger charge is -2.06. The largest absolute Gasteiger partial charge is 0.495 e. The third-order valence-corrected chi connectivity index (χ3v) is 3.15. The quantitative estimate of drug-likeness (QED) is 0.796. The van der Waals surface area contributed by atoms with Crippen LogP contribution in [0.5, 0.6) is 5.75 Å². The number of benzene rings is 2. The molecule has 0 saturated carbocycles. The van der Waals surface area contributed by atoms with Crippen molar-refractivity contribution in [1.82, 2.24) is 0 Å². The smallest absolute Gasteiger partial charge is 0.167 e. The van der Waals surface area contributed by atoms with Crippen LogP contribution in [0.3, 0.4) is 0 Å². The van der Waals surface area contributed by atoms with E-state index in [2.05, 4.69) is 0 Å².